The normalized spacial score (nSPS) is 10.9. The summed E-state index contributed by atoms with van der Waals surface area (Å²) in [5.41, 5.74) is 21.9. The number of hydrogen-bond donors (Lipinski definition) is 0. The Balaban J connectivity index is 0.000000161. The molecule has 0 radical (unpaired) electrons. The zero-order chi connectivity index (χ0) is 70.1. The number of pyridine rings is 1. The molecule has 0 spiro atoms. The molecule has 0 fully saturated rings. The maximum atomic E-state index is 10.1. The molecular formula is C94H58N10. The molecule has 0 aliphatic rings. The molecule has 0 saturated carbocycles. The van der Waals surface area contributed by atoms with E-state index in [1.54, 1.807) is 18.3 Å². The average Bonchev–Trinajstić information content (AvgIpc) is 0.770. The molecule has 0 aliphatic heterocycles. The minimum absolute atomic E-state index is 0.579. The monoisotopic (exact) mass is 1330 g/mol. The van der Waals surface area contributed by atoms with Gasteiger partial charge in [-0.15, -0.1) is 0 Å². The van der Waals surface area contributed by atoms with Crippen molar-refractivity contribution in [1.82, 2.24) is 34.9 Å². The third-order valence-corrected chi connectivity index (χ3v) is 18.5. The van der Waals surface area contributed by atoms with E-state index >= 15 is 0 Å². The second-order valence-electron chi connectivity index (χ2n) is 25.0. The van der Waals surface area contributed by atoms with Crippen LogP contribution in [0.25, 0.3) is 168 Å². The van der Waals surface area contributed by atoms with Crippen LogP contribution in [0.4, 0.5) is 0 Å². The standard InChI is InChI=1S/C49H31N5.C45H27N5/c50-31-33-28-41(35-19-17-34(18-20-35)40-14-9-27-51-32-40)30-42(29-33)44-26-25-43(45-15-7-8-16-46(44)45)36-21-23-39(24-22-36)49-53-47(37-10-3-1-4-11-37)52-48(54-49)38-12-5-2-6-13-38;46-28-30-15-17-32(18-16-30)37-25-31(29-47)26-38(27-37)40-24-23-39(41-13-7-8-14-42(40)41)33-19-21-36(22-20-33)45-49-43(34-9-3-1-4-10-34)48-44(50-45)35-11-5-2-6-12-35/h1-30,32H;1-27H. The van der Waals surface area contributed by atoms with E-state index in [9.17, 15) is 15.8 Å². The molecule has 14 aromatic carbocycles. The maximum absolute atomic E-state index is 10.1. The molecule has 0 aliphatic carbocycles. The highest BCUT2D eigenvalue weighted by molar-refractivity contribution is 6.07. The van der Waals surface area contributed by atoms with E-state index < -0.39 is 0 Å². The predicted octanol–water partition coefficient (Wildman–Crippen LogP) is 22.7. The van der Waals surface area contributed by atoms with Crippen LogP contribution in [0.2, 0.25) is 0 Å². The van der Waals surface area contributed by atoms with E-state index in [1.165, 1.54) is 0 Å². The lowest BCUT2D eigenvalue weighted by atomic mass is 9.89. The Labute approximate surface area is 601 Å². The first-order chi connectivity index (χ1) is 51.4. The Bertz CT molecular complexity index is 6020. The summed E-state index contributed by atoms with van der Waals surface area (Å²) in [6.45, 7) is 0. The number of nitrogens with zero attached hydrogens (tertiary/aromatic N) is 10. The van der Waals surface area contributed by atoms with Gasteiger partial charge in [0.15, 0.2) is 34.9 Å². The smallest absolute Gasteiger partial charge is 0.164 e. The summed E-state index contributed by atoms with van der Waals surface area (Å²) >= 11 is 0. The summed E-state index contributed by atoms with van der Waals surface area (Å²) in [5.74, 6) is 3.76. The van der Waals surface area contributed by atoms with Crippen LogP contribution in [0.3, 0.4) is 0 Å². The molecule has 0 unspecified atom stereocenters. The van der Waals surface area contributed by atoms with Gasteiger partial charge >= 0.3 is 0 Å². The molecule has 0 bridgehead atoms. The van der Waals surface area contributed by atoms with Crippen LogP contribution in [0.5, 0.6) is 0 Å². The molecule has 17 rings (SSSR count). The van der Waals surface area contributed by atoms with Crippen LogP contribution in [0.1, 0.15) is 16.7 Å². The first kappa shape index (κ1) is 63.9. The molecule has 0 saturated heterocycles. The fourth-order valence-corrected chi connectivity index (χ4v) is 13.2. The zero-order valence-corrected chi connectivity index (χ0v) is 56.0. The second-order valence-corrected chi connectivity index (χ2v) is 25.0. The van der Waals surface area contributed by atoms with Crippen molar-refractivity contribution in [2.24, 2.45) is 0 Å². The summed E-state index contributed by atoms with van der Waals surface area (Å²) in [6.07, 6.45) is 3.64. The van der Waals surface area contributed by atoms with E-state index in [-0.39, 0.29) is 0 Å². The van der Waals surface area contributed by atoms with Crippen LogP contribution < -0.4 is 0 Å². The van der Waals surface area contributed by atoms with Gasteiger partial charge in [-0.2, -0.15) is 15.8 Å². The molecule has 0 atom stereocenters. The Morgan fingerprint density at radius 3 is 0.740 bits per heavy atom. The van der Waals surface area contributed by atoms with Gasteiger partial charge in [0.2, 0.25) is 0 Å². The summed E-state index contributed by atoms with van der Waals surface area (Å²) in [6, 6.07) is 121. The number of hydrogen-bond acceptors (Lipinski definition) is 10. The van der Waals surface area contributed by atoms with E-state index in [0.29, 0.717) is 51.6 Å². The maximum Gasteiger partial charge on any atom is 0.164 e. The summed E-state index contributed by atoms with van der Waals surface area (Å²) in [4.78, 5) is 33.5. The lowest BCUT2D eigenvalue weighted by Gasteiger charge is -2.14. The first-order valence-corrected chi connectivity index (χ1v) is 34.0. The number of aromatic nitrogens is 7. The fourth-order valence-electron chi connectivity index (χ4n) is 13.2. The summed E-state index contributed by atoms with van der Waals surface area (Å²) in [7, 11) is 0. The molecule has 10 nitrogen and oxygen atoms in total. The third-order valence-electron chi connectivity index (χ3n) is 18.5. The van der Waals surface area contributed by atoms with Gasteiger partial charge in [0.25, 0.3) is 0 Å². The highest BCUT2D eigenvalue weighted by Gasteiger charge is 2.19. The minimum atomic E-state index is 0.579. The van der Waals surface area contributed by atoms with Crippen LogP contribution in [-0.4, -0.2) is 34.9 Å². The molecule has 3 heterocycles. The van der Waals surface area contributed by atoms with E-state index in [4.69, 9.17) is 29.9 Å². The highest BCUT2D eigenvalue weighted by atomic mass is 15.0. The predicted molar refractivity (Wildman–Crippen MR) is 417 cm³/mol. The Hall–Kier alpha value is -14.8. The van der Waals surface area contributed by atoms with Crippen molar-refractivity contribution in [1.29, 1.82) is 15.8 Å². The van der Waals surface area contributed by atoms with Crippen molar-refractivity contribution in [3.8, 4) is 164 Å². The van der Waals surface area contributed by atoms with Gasteiger partial charge in [-0.25, -0.2) is 29.9 Å². The second kappa shape index (κ2) is 29.0. The van der Waals surface area contributed by atoms with Crippen molar-refractivity contribution < 1.29 is 0 Å². The van der Waals surface area contributed by atoms with Crippen LogP contribution in [0, 0.1) is 34.0 Å². The number of rotatable bonds is 13. The number of nitriles is 3. The van der Waals surface area contributed by atoms with Crippen LogP contribution >= 0.6 is 0 Å². The molecule has 104 heavy (non-hydrogen) atoms. The molecule has 10 heteroatoms. The molecule has 484 valence electrons. The van der Waals surface area contributed by atoms with Gasteiger partial charge in [-0.1, -0.05) is 285 Å². The van der Waals surface area contributed by atoms with Gasteiger partial charge in [0.1, 0.15) is 0 Å². The van der Waals surface area contributed by atoms with Crippen molar-refractivity contribution in [3.63, 3.8) is 0 Å². The lowest BCUT2D eigenvalue weighted by molar-refractivity contribution is 1.07. The van der Waals surface area contributed by atoms with E-state index in [1.807, 2.05) is 176 Å². The van der Waals surface area contributed by atoms with Crippen molar-refractivity contribution in [3.05, 3.63) is 369 Å². The van der Waals surface area contributed by atoms with Crippen LogP contribution in [-0.2, 0) is 0 Å². The van der Waals surface area contributed by atoms with Crippen molar-refractivity contribution in [2.75, 3.05) is 0 Å². The minimum Gasteiger partial charge on any atom is -0.264 e. The highest BCUT2D eigenvalue weighted by Crippen LogP contribution is 2.41. The topological polar surface area (TPSA) is 162 Å². The third kappa shape index (κ3) is 13.5. The van der Waals surface area contributed by atoms with Crippen molar-refractivity contribution in [2.45, 2.75) is 0 Å². The molecule has 0 N–H and O–H groups in total. The Kier molecular flexibility index (Phi) is 17.8. The van der Waals surface area contributed by atoms with Gasteiger partial charge in [-0.05, 0) is 154 Å². The number of fused-ring (bicyclic) bond motifs is 2. The lowest BCUT2D eigenvalue weighted by Crippen LogP contribution is -2.00. The molecule has 17 aromatic rings. The van der Waals surface area contributed by atoms with E-state index in [2.05, 4.69) is 181 Å². The molecule has 3 aromatic heterocycles. The van der Waals surface area contributed by atoms with Crippen molar-refractivity contribution >= 4 is 21.5 Å². The molecule has 0 amide bonds. The van der Waals surface area contributed by atoms with Gasteiger partial charge in [0.05, 0.1) is 34.9 Å². The van der Waals surface area contributed by atoms with Gasteiger partial charge in [0, 0.05) is 45.8 Å². The zero-order valence-electron chi connectivity index (χ0n) is 56.0. The van der Waals surface area contributed by atoms with Gasteiger partial charge < -0.3 is 0 Å². The Morgan fingerprint density at radius 2 is 0.433 bits per heavy atom. The summed E-state index contributed by atoms with van der Waals surface area (Å²) < 4.78 is 0. The Morgan fingerprint density at radius 1 is 0.183 bits per heavy atom. The number of benzene rings is 14. The van der Waals surface area contributed by atoms with Crippen LogP contribution in [0.15, 0.2) is 352 Å². The first-order valence-electron chi connectivity index (χ1n) is 34.0. The molecular weight excluding hydrogens is 1270 g/mol. The van der Waals surface area contributed by atoms with Gasteiger partial charge in [-0.3, -0.25) is 4.98 Å². The average molecular weight is 1330 g/mol. The largest absolute Gasteiger partial charge is 0.264 e. The SMILES string of the molecule is N#Cc1cc(-c2ccc(-c3cccnc3)cc2)cc(-c2ccc(-c3ccc(-c4nc(-c5ccccc5)nc(-c5ccccc5)n4)cc3)c3ccccc23)c1.N#Cc1ccc(-c2cc(C#N)cc(-c3ccc(-c4ccc(-c5nc(-c6ccccc6)nc(-c6ccccc6)n5)cc4)c4ccccc34)c2)cc1. The quantitative estimate of drug-likeness (QED) is 0.109. The summed E-state index contributed by atoms with van der Waals surface area (Å²) in [5, 5.41) is 33.7. The fraction of sp³-hybridized carbons (Fsp3) is 0. The van der Waals surface area contributed by atoms with E-state index in [0.717, 1.165) is 133 Å².